The Labute approximate surface area is 222 Å². The van der Waals surface area contributed by atoms with Crippen LogP contribution in [0.15, 0.2) is 35.4 Å². The van der Waals surface area contributed by atoms with Crippen LogP contribution in [0, 0.1) is 11.8 Å². The van der Waals surface area contributed by atoms with E-state index >= 15 is 0 Å². The Kier molecular flexibility index (Phi) is 8.64. The molecule has 0 radical (unpaired) electrons. The highest BCUT2D eigenvalue weighted by molar-refractivity contribution is 5.73. The van der Waals surface area contributed by atoms with Crippen LogP contribution in [0.1, 0.15) is 137 Å². The molecule has 2 aliphatic carbocycles. The van der Waals surface area contributed by atoms with E-state index in [-0.39, 0.29) is 0 Å². The second-order valence-electron chi connectivity index (χ2n) is 12.2. The first-order chi connectivity index (χ1) is 17.3. The Morgan fingerprint density at radius 2 is 0.861 bits per heavy atom. The zero-order valence-electron chi connectivity index (χ0n) is 24.4. The van der Waals surface area contributed by atoms with Crippen molar-refractivity contribution in [2.75, 3.05) is 0 Å². The average molecular weight is 483 g/mol. The summed E-state index contributed by atoms with van der Waals surface area (Å²) in [6, 6.07) is 9.68. The summed E-state index contributed by atoms with van der Waals surface area (Å²) in [5, 5.41) is 0. The zero-order chi connectivity index (χ0) is 26.0. The summed E-state index contributed by atoms with van der Waals surface area (Å²) in [6.07, 6.45) is 14.7. The van der Waals surface area contributed by atoms with Crippen molar-refractivity contribution < 1.29 is 0 Å². The molecule has 0 aliphatic heterocycles. The number of rotatable bonds is 11. The molecule has 0 saturated heterocycles. The molecule has 2 atom stereocenters. The maximum Gasteiger partial charge on any atom is 0.00606 e. The fourth-order valence-corrected chi connectivity index (χ4v) is 7.13. The van der Waals surface area contributed by atoms with Crippen molar-refractivity contribution in [1.29, 1.82) is 0 Å². The monoisotopic (exact) mass is 482 g/mol. The third-order valence-corrected chi connectivity index (χ3v) is 8.74. The van der Waals surface area contributed by atoms with Crippen molar-refractivity contribution in [2.24, 2.45) is 11.8 Å². The molecule has 0 aromatic heterocycles. The number of benzene rings is 2. The quantitative estimate of drug-likeness (QED) is 0.299. The Morgan fingerprint density at radius 3 is 1.17 bits per heavy atom. The summed E-state index contributed by atoms with van der Waals surface area (Å²) in [5.41, 5.74) is 16.1. The first-order valence-electron chi connectivity index (χ1n) is 15.0. The Hall–Kier alpha value is -2.08. The molecule has 0 saturated carbocycles. The molecule has 36 heavy (non-hydrogen) atoms. The standard InChI is InChI=1S/C36H50/c1-9-25-13-15-27(11-3)35-31(29(19-23(5)6)21-33(25)35)17-18-32-30(20-24(7)8)22-34-26(10-2)14-16-28(12-4)36(32)34/h13-16,21-24,31-32H,9-12,17-20H2,1-8H3. The second kappa shape index (κ2) is 11.5. The molecule has 2 aromatic rings. The maximum atomic E-state index is 2.61. The van der Waals surface area contributed by atoms with Crippen LogP contribution in [0.2, 0.25) is 0 Å². The lowest BCUT2D eigenvalue weighted by Gasteiger charge is -2.26. The van der Waals surface area contributed by atoms with Crippen LogP contribution in [0.5, 0.6) is 0 Å². The van der Waals surface area contributed by atoms with Crippen LogP contribution in [0.3, 0.4) is 0 Å². The van der Waals surface area contributed by atoms with Crippen molar-refractivity contribution in [3.63, 3.8) is 0 Å². The summed E-state index contributed by atoms with van der Waals surface area (Å²) >= 11 is 0. The van der Waals surface area contributed by atoms with Crippen molar-refractivity contribution in [1.82, 2.24) is 0 Å². The maximum absolute atomic E-state index is 2.61. The van der Waals surface area contributed by atoms with Crippen LogP contribution in [-0.4, -0.2) is 0 Å². The van der Waals surface area contributed by atoms with Gasteiger partial charge < -0.3 is 0 Å². The highest BCUT2D eigenvalue weighted by Crippen LogP contribution is 2.50. The molecule has 0 amide bonds. The van der Waals surface area contributed by atoms with Gasteiger partial charge >= 0.3 is 0 Å². The number of hydrogen-bond donors (Lipinski definition) is 0. The van der Waals surface area contributed by atoms with Crippen molar-refractivity contribution in [3.8, 4) is 0 Å². The van der Waals surface area contributed by atoms with Crippen molar-refractivity contribution >= 4 is 12.2 Å². The van der Waals surface area contributed by atoms with Gasteiger partial charge in [0.05, 0.1) is 0 Å². The molecule has 0 heterocycles. The lowest BCUT2D eigenvalue weighted by atomic mass is 9.78. The summed E-state index contributed by atoms with van der Waals surface area (Å²) < 4.78 is 0. The lowest BCUT2D eigenvalue weighted by molar-refractivity contribution is 0.538. The number of hydrogen-bond acceptors (Lipinski definition) is 0. The van der Waals surface area contributed by atoms with Gasteiger partial charge in [0.1, 0.15) is 0 Å². The molecule has 0 fully saturated rings. The molecule has 194 valence electrons. The van der Waals surface area contributed by atoms with Crippen LogP contribution >= 0.6 is 0 Å². The van der Waals surface area contributed by atoms with Gasteiger partial charge in [0, 0.05) is 11.8 Å². The minimum Gasteiger partial charge on any atom is -0.0625 e. The number of aryl methyl sites for hydroxylation is 4. The van der Waals surface area contributed by atoms with E-state index in [1.165, 1.54) is 25.7 Å². The summed E-state index contributed by atoms with van der Waals surface area (Å²) in [6.45, 7) is 18.9. The van der Waals surface area contributed by atoms with Crippen molar-refractivity contribution in [2.45, 2.75) is 119 Å². The first-order valence-corrected chi connectivity index (χ1v) is 15.0. The van der Waals surface area contributed by atoms with E-state index in [9.17, 15) is 0 Å². The summed E-state index contributed by atoms with van der Waals surface area (Å²) in [4.78, 5) is 0. The molecule has 2 unspecified atom stereocenters. The van der Waals surface area contributed by atoms with E-state index in [1.54, 1.807) is 55.7 Å². The highest BCUT2D eigenvalue weighted by atomic mass is 14.4. The number of fused-ring (bicyclic) bond motifs is 2. The van der Waals surface area contributed by atoms with Crippen LogP contribution in [0.25, 0.3) is 12.2 Å². The molecule has 2 aromatic carbocycles. The van der Waals surface area contributed by atoms with Gasteiger partial charge in [-0.2, -0.15) is 0 Å². The normalized spacial score (nSPS) is 18.6. The molecule has 2 aliphatic rings. The van der Waals surface area contributed by atoms with E-state index in [1.807, 2.05) is 0 Å². The summed E-state index contributed by atoms with van der Waals surface area (Å²) in [7, 11) is 0. The fraction of sp³-hybridized carbons (Fsp3) is 0.556. The van der Waals surface area contributed by atoms with E-state index in [4.69, 9.17) is 0 Å². The number of allylic oxidation sites excluding steroid dienone is 2. The fourth-order valence-electron chi connectivity index (χ4n) is 7.13. The Bertz CT molecular complexity index is 1050. The SMILES string of the molecule is CCc1ccc(CC)c2c1C=C(CC(C)C)C2CCC1C(CC(C)C)=Cc2c(CC)ccc(CC)c21. The predicted octanol–water partition coefficient (Wildman–Crippen LogP) is 10.5. The van der Waals surface area contributed by atoms with Gasteiger partial charge in [-0.1, -0.05) is 103 Å². The molecular weight excluding hydrogens is 432 g/mol. The zero-order valence-corrected chi connectivity index (χ0v) is 24.4. The van der Waals surface area contributed by atoms with Gasteiger partial charge in [0.25, 0.3) is 0 Å². The minimum atomic E-state index is 0.590. The predicted molar refractivity (Wildman–Crippen MR) is 160 cm³/mol. The van der Waals surface area contributed by atoms with Gasteiger partial charge in [-0.05, 0) is 108 Å². The smallest absolute Gasteiger partial charge is 0.00606 e. The largest absolute Gasteiger partial charge is 0.0625 e. The third-order valence-electron chi connectivity index (χ3n) is 8.74. The van der Waals surface area contributed by atoms with Gasteiger partial charge in [0.15, 0.2) is 0 Å². The van der Waals surface area contributed by atoms with Gasteiger partial charge in [-0.3, -0.25) is 0 Å². The molecule has 4 rings (SSSR count). The first kappa shape index (κ1) is 27.0. The van der Waals surface area contributed by atoms with Gasteiger partial charge in [-0.15, -0.1) is 0 Å². The average Bonchev–Trinajstić information content (AvgIpc) is 3.38. The summed E-state index contributed by atoms with van der Waals surface area (Å²) in [5.74, 6) is 2.58. The third kappa shape index (κ3) is 5.16. The van der Waals surface area contributed by atoms with Crippen molar-refractivity contribution in [3.05, 3.63) is 79.9 Å². The van der Waals surface area contributed by atoms with Crippen LogP contribution in [-0.2, 0) is 25.7 Å². The van der Waals surface area contributed by atoms with Gasteiger partial charge in [-0.25, -0.2) is 0 Å². The van der Waals surface area contributed by atoms with E-state index < -0.39 is 0 Å². The molecule has 0 nitrogen and oxygen atoms in total. The molecular formula is C36H50. The topological polar surface area (TPSA) is 0 Å². The van der Waals surface area contributed by atoms with E-state index in [0.29, 0.717) is 23.7 Å². The molecule has 0 heteroatoms. The van der Waals surface area contributed by atoms with Gasteiger partial charge in [0.2, 0.25) is 0 Å². The van der Waals surface area contributed by atoms with E-state index in [0.717, 1.165) is 25.7 Å². The van der Waals surface area contributed by atoms with E-state index in [2.05, 4.69) is 91.8 Å². The Balaban J connectivity index is 1.73. The minimum absolute atomic E-state index is 0.590. The highest BCUT2D eigenvalue weighted by Gasteiger charge is 2.33. The molecule has 0 N–H and O–H groups in total. The lowest BCUT2D eigenvalue weighted by Crippen LogP contribution is -2.10. The Morgan fingerprint density at radius 1 is 0.528 bits per heavy atom. The molecule has 0 spiro atoms. The molecule has 0 bridgehead atoms. The van der Waals surface area contributed by atoms with Crippen LogP contribution < -0.4 is 0 Å². The van der Waals surface area contributed by atoms with Crippen LogP contribution in [0.4, 0.5) is 0 Å². The second-order valence-corrected chi connectivity index (χ2v) is 12.2.